The first-order valence-electron chi connectivity index (χ1n) is 17.4. The summed E-state index contributed by atoms with van der Waals surface area (Å²) in [5.74, 6) is -0.0235. The van der Waals surface area contributed by atoms with Gasteiger partial charge in [-0.25, -0.2) is 0 Å². The standard InChI is InChI=1S/C37H56ClN5O3/c1-24(2)22-34(37(46)40-33-13-8-7-12-32(33)29-10-9-11-30(38)23-29)41-35(44)25(3)39-36(45)28-16-14-27(15-17-28)26(4)43(6)31-18-20-42(5)21-19-31/h9,11,14-17,23-26,29,31-34H,7-8,10,12-13,18-22H2,1-6H3,(H,39,45)(H,40,46)(H,41,44)/t25-,26?,29?,32-,33?,34-/m0/s1. The smallest absolute Gasteiger partial charge is 0.251 e. The summed E-state index contributed by atoms with van der Waals surface area (Å²) >= 11 is 6.32. The predicted molar refractivity (Wildman–Crippen MR) is 187 cm³/mol. The minimum Gasteiger partial charge on any atom is -0.351 e. The molecule has 3 amide bonds. The van der Waals surface area contributed by atoms with Gasteiger partial charge in [-0.15, -0.1) is 0 Å². The third kappa shape index (κ3) is 9.91. The monoisotopic (exact) mass is 653 g/mol. The Morgan fingerprint density at radius 2 is 1.63 bits per heavy atom. The zero-order valence-corrected chi connectivity index (χ0v) is 29.5. The molecule has 1 saturated carbocycles. The van der Waals surface area contributed by atoms with E-state index in [1.165, 1.54) is 0 Å². The number of carbonyl (C=O) groups excluding carboxylic acids is 3. The molecule has 6 atom stereocenters. The number of amides is 3. The number of halogens is 1. The van der Waals surface area contributed by atoms with Gasteiger partial charge in [0.15, 0.2) is 0 Å². The minimum absolute atomic E-state index is 0.0389. The molecule has 3 aliphatic rings. The molecule has 4 rings (SSSR count). The molecule has 8 nitrogen and oxygen atoms in total. The Labute approximate surface area is 281 Å². The highest BCUT2D eigenvalue weighted by molar-refractivity contribution is 6.31. The van der Waals surface area contributed by atoms with Crippen LogP contribution < -0.4 is 16.0 Å². The molecule has 1 heterocycles. The zero-order chi connectivity index (χ0) is 33.4. The average Bonchev–Trinajstić information content (AvgIpc) is 3.04. The van der Waals surface area contributed by atoms with E-state index in [1.807, 2.05) is 44.2 Å². The van der Waals surface area contributed by atoms with Gasteiger partial charge in [0.2, 0.25) is 11.8 Å². The molecule has 0 aromatic heterocycles. The molecule has 3 N–H and O–H groups in total. The number of piperidine rings is 1. The van der Waals surface area contributed by atoms with Crippen LogP contribution in [0.2, 0.25) is 0 Å². The molecule has 0 bridgehead atoms. The first-order valence-corrected chi connectivity index (χ1v) is 17.8. The van der Waals surface area contributed by atoms with E-state index in [9.17, 15) is 14.4 Å². The molecule has 1 aliphatic heterocycles. The molecular weight excluding hydrogens is 598 g/mol. The number of rotatable bonds is 12. The van der Waals surface area contributed by atoms with Gasteiger partial charge in [0.25, 0.3) is 5.91 Å². The van der Waals surface area contributed by atoms with E-state index >= 15 is 0 Å². The Bertz CT molecular complexity index is 1240. The fourth-order valence-corrected chi connectivity index (χ4v) is 7.56. The zero-order valence-electron chi connectivity index (χ0n) is 28.7. The lowest BCUT2D eigenvalue weighted by Crippen LogP contribution is -2.56. The Kier molecular flexibility index (Phi) is 13.3. The number of allylic oxidation sites excluding steroid dienone is 4. The Morgan fingerprint density at radius 3 is 2.28 bits per heavy atom. The molecule has 2 aliphatic carbocycles. The maximum absolute atomic E-state index is 13.6. The molecule has 1 aromatic rings. The van der Waals surface area contributed by atoms with E-state index in [-0.39, 0.29) is 35.7 Å². The van der Waals surface area contributed by atoms with Crippen LogP contribution in [0.15, 0.2) is 47.5 Å². The first-order chi connectivity index (χ1) is 21.9. The van der Waals surface area contributed by atoms with Crippen molar-refractivity contribution in [2.75, 3.05) is 27.2 Å². The van der Waals surface area contributed by atoms with Crippen LogP contribution in [0.4, 0.5) is 0 Å². The first kappa shape index (κ1) is 36.2. The van der Waals surface area contributed by atoms with Crippen LogP contribution in [0.5, 0.6) is 0 Å². The van der Waals surface area contributed by atoms with Crippen LogP contribution in [0.3, 0.4) is 0 Å². The van der Waals surface area contributed by atoms with Crippen LogP contribution in [0, 0.1) is 17.8 Å². The van der Waals surface area contributed by atoms with Gasteiger partial charge in [0.1, 0.15) is 12.1 Å². The lowest BCUT2D eigenvalue weighted by Gasteiger charge is -2.38. The van der Waals surface area contributed by atoms with Crippen molar-refractivity contribution in [3.63, 3.8) is 0 Å². The number of likely N-dealkylation sites (tertiary alicyclic amines) is 1. The number of carbonyl (C=O) groups is 3. The number of nitrogens with one attached hydrogen (secondary N) is 3. The summed E-state index contributed by atoms with van der Waals surface area (Å²) in [5, 5.41) is 9.84. The highest BCUT2D eigenvalue weighted by atomic mass is 35.5. The molecule has 3 unspecified atom stereocenters. The fraction of sp³-hybridized carbons (Fsp3) is 0.649. The van der Waals surface area contributed by atoms with Gasteiger partial charge >= 0.3 is 0 Å². The van der Waals surface area contributed by atoms with Crippen molar-refractivity contribution in [2.45, 2.75) is 109 Å². The average molecular weight is 654 g/mol. The van der Waals surface area contributed by atoms with Crippen LogP contribution in [0.1, 0.15) is 101 Å². The fourth-order valence-electron chi connectivity index (χ4n) is 7.31. The van der Waals surface area contributed by atoms with Crippen molar-refractivity contribution >= 4 is 29.3 Å². The topological polar surface area (TPSA) is 93.8 Å². The lowest BCUT2D eigenvalue weighted by molar-refractivity contribution is -0.131. The van der Waals surface area contributed by atoms with Gasteiger partial charge < -0.3 is 20.9 Å². The summed E-state index contributed by atoms with van der Waals surface area (Å²) in [6, 6.07) is 7.01. The molecule has 0 radical (unpaired) electrons. The second-order valence-electron chi connectivity index (χ2n) is 14.3. The number of hydrogen-bond acceptors (Lipinski definition) is 5. The summed E-state index contributed by atoms with van der Waals surface area (Å²) in [7, 11) is 4.36. The van der Waals surface area contributed by atoms with Crippen molar-refractivity contribution in [1.82, 2.24) is 25.8 Å². The molecule has 2 fully saturated rings. The van der Waals surface area contributed by atoms with E-state index in [2.05, 4.69) is 58.9 Å². The highest BCUT2D eigenvalue weighted by Crippen LogP contribution is 2.36. The molecule has 0 spiro atoms. The van der Waals surface area contributed by atoms with Gasteiger partial charge in [-0.1, -0.05) is 62.6 Å². The maximum atomic E-state index is 13.6. The van der Waals surface area contributed by atoms with Gasteiger partial charge in [-0.3, -0.25) is 19.3 Å². The van der Waals surface area contributed by atoms with E-state index in [0.29, 0.717) is 29.9 Å². The lowest BCUT2D eigenvalue weighted by atomic mass is 9.74. The van der Waals surface area contributed by atoms with E-state index in [0.717, 1.165) is 68.6 Å². The summed E-state index contributed by atoms with van der Waals surface area (Å²) in [6.07, 6.45) is 14.1. The van der Waals surface area contributed by atoms with Gasteiger partial charge in [-0.2, -0.15) is 0 Å². The molecule has 1 aromatic carbocycles. The van der Waals surface area contributed by atoms with Crippen LogP contribution >= 0.6 is 11.6 Å². The predicted octanol–water partition coefficient (Wildman–Crippen LogP) is 5.80. The van der Waals surface area contributed by atoms with E-state index < -0.39 is 12.1 Å². The Hall–Kier alpha value is -2.68. The molecule has 1 saturated heterocycles. The van der Waals surface area contributed by atoms with E-state index in [4.69, 9.17) is 11.6 Å². The highest BCUT2D eigenvalue weighted by Gasteiger charge is 2.34. The van der Waals surface area contributed by atoms with Gasteiger partial charge in [-0.05, 0) is 121 Å². The second-order valence-corrected chi connectivity index (χ2v) is 14.7. The van der Waals surface area contributed by atoms with Crippen LogP contribution in [0.25, 0.3) is 0 Å². The van der Waals surface area contributed by atoms with Gasteiger partial charge in [0.05, 0.1) is 0 Å². The second kappa shape index (κ2) is 16.9. The van der Waals surface area contributed by atoms with Crippen LogP contribution in [-0.2, 0) is 9.59 Å². The Balaban J connectivity index is 1.32. The van der Waals surface area contributed by atoms with Crippen molar-refractivity contribution < 1.29 is 14.4 Å². The third-order valence-corrected chi connectivity index (χ3v) is 10.6. The Morgan fingerprint density at radius 1 is 0.957 bits per heavy atom. The molecule has 46 heavy (non-hydrogen) atoms. The van der Waals surface area contributed by atoms with Crippen LogP contribution in [-0.4, -0.2) is 78.9 Å². The van der Waals surface area contributed by atoms with E-state index in [1.54, 1.807) is 6.92 Å². The summed E-state index contributed by atoms with van der Waals surface area (Å²) < 4.78 is 0. The van der Waals surface area contributed by atoms with Crippen molar-refractivity contribution in [3.8, 4) is 0 Å². The van der Waals surface area contributed by atoms with Gasteiger partial charge in [0, 0.05) is 28.7 Å². The largest absolute Gasteiger partial charge is 0.351 e. The SMILES string of the molecule is CC(C)C[C@H](NC(=O)[C@H](C)NC(=O)c1ccc(C(C)N(C)C2CCN(C)CC2)cc1)C(=O)NC1CCCC[C@H]1C1C=C(Cl)C=CC1. The summed E-state index contributed by atoms with van der Waals surface area (Å²) in [4.78, 5) is 44.8. The summed E-state index contributed by atoms with van der Waals surface area (Å²) in [6.45, 7) is 10.2. The van der Waals surface area contributed by atoms with Crippen molar-refractivity contribution in [3.05, 3.63) is 58.7 Å². The molecule has 9 heteroatoms. The number of nitrogens with zero attached hydrogens (tertiary/aromatic N) is 2. The third-order valence-electron chi connectivity index (χ3n) is 10.4. The van der Waals surface area contributed by atoms with Crippen molar-refractivity contribution in [2.24, 2.45) is 17.8 Å². The maximum Gasteiger partial charge on any atom is 0.251 e. The quantitative estimate of drug-likeness (QED) is 0.265. The summed E-state index contributed by atoms with van der Waals surface area (Å²) in [5.41, 5.74) is 1.66. The normalized spacial score (nSPS) is 24.6. The molecule has 254 valence electrons. The van der Waals surface area contributed by atoms with Crippen molar-refractivity contribution in [1.29, 1.82) is 0 Å². The number of benzene rings is 1. The minimum atomic E-state index is -0.798. The number of hydrogen-bond donors (Lipinski definition) is 3. The molecular formula is C37H56ClN5O3.